The molecular formula is C21H18F3N7O2S. The Kier molecular flexibility index (Phi) is 6.56. The largest absolute Gasteiger partial charge is 0.573 e. The minimum absolute atomic E-state index is 0.230. The van der Waals surface area contributed by atoms with Gasteiger partial charge in [-0.3, -0.25) is 10.6 Å². The number of anilines is 2. The lowest BCUT2D eigenvalue weighted by atomic mass is 10.1. The summed E-state index contributed by atoms with van der Waals surface area (Å²) >= 11 is 4.44. The van der Waals surface area contributed by atoms with Gasteiger partial charge in [-0.15, -0.1) is 25.8 Å². The van der Waals surface area contributed by atoms with Crippen LogP contribution >= 0.6 is 12.6 Å². The van der Waals surface area contributed by atoms with Gasteiger partial charge in [-0.1, -0.05) is 0 Å². The van der Waals surface area contributed by atoms with Crippen molar-refractivity contribution < 1.29 is 22.7 Å². The molecule has 1 aliphatic heterocycles. The molecule has 4 rings (SSSR count). The highest BCUT2D eigenvalue weighted by molar-refractivity contribution is 7.84. The van der Waals surface area contributed by atoms with Gasteiger partial charge in [0.15, 0.2) is 0 Å². The van der Waals surface area contributed by atoms with E-state index in [1.165, 1.54) is 24.7 Å². The fraction of sp³-hybridized carbons (Fsp3) is 0.143. The van der Waals surface area contributed by atoms with E-state index in [0.29, 0.717) is 30.0 Å². The predicted molar refractivity (Wildman–Crippen MR) is 122 cm³/mol. The van der Waals surface area contributed by atoms with Gasteiger partial charge in [0.25, 0.3) is 5.91 Å². The Morgan fingerprint density at radius 3 is 2.44 bits per heavy atom. The number of alkyl halides is 3. The highest BCUT2D eigenvalue weighted by Gasteiger charge is 2.31. The van der Waals surface area contributed by atoms with Crippen molar-refractivity contribution in [3.05, 3.63) is 71.4 Å². The normalized spacial score (nSPS) is 13.7. The van der Waals surface area contributed by atoms with Crippen molar-refractivity contribution in [1.82, 2.24) is 20.4 Å². The number of benzene rings is 1. The highest BCUT2D eigenvalue weighted by Crippen LogP contribution is 2.33. The van der Waals surface area contributed by atoms with Gasteiger partial charge in [-0.05, 0) is 30.3 Å². The maximum Gasteiger partial charge on any atom is 0.573 e. The molecule has 3 aromatic rings. The van der Waals surface area contributed by atoms with E-state index in [4.69, 9.17) is 5.84 Å². The molecular weight excluding hydrogens is 471 g/mol. The molecule has 4 N–H and O–H groups in total. The van der Waals surface area contributed by atoms with Crippen molar-refractivity contribution in [2.24, 2.45) is 5.84 Å². The van der Waals surface area contributed by atoms with Gasteiger partial charge in [0.1, 0.15) is 17.9 Å². The van der Waals surface area contributed by atoms with E-state index in [-0.39, 0.29) is 11.3 Å². The smallest absolute Gasteiger partial charge is 0.406 e. The fourth-order valence-corrected chi connectivity index (χ4v) is 3.63. The number of nitrogens with zero attached hydrogens (tertiary/aromatic N) is 4. The Balaban J connectivity index is 1.59. The average molecular weight is 489 g/mol. The van der Waals surface area contributed by atoms with Crippen LogP contribution in [-0.2, 0) is 0 Å². The summed E-state index contributed by atoms with van der Waals surface area (Å²) in [6.45, 7) is 0.912. The van der Waals surface area contributed by atoms with E-state index in [1.54, 1.807) is 18.5 Å². The van der Waals surface area contributed by atoms with Crippen LogP contribution in [0, 0.1) is 0 Å². The fourth-order valence-electron chi connectivity index (χ4n) is 3.32. The first-order valence-electron chi connectivity index (χ1n) is 9.78. The van der Waals surface area contributed by atoms with Crippen molar-refractivity contribution >= 4 is 30.0 Å². The molecule has 1 amide bonds. The lowest BCUT2D eigenvalue weighted by molar-refractivity contribution is -0.274. The molecule has 0 radical (unpaired) electrons. The number of rotatable bonds is 6. The van der Waals surface area contributed by atoms with Gasteiger partial charge in [0, 0.05) is 40.3 Å². The number of hydrazine groups is 1. The summed E-state index contributed by atoms with van der Waals surface area (Å²) in [5.74, 6) is 5.24. The van der Waals surface area contributed by atoms with E-state index in [1.807, 2.05) is 4.90 Å². The first kappa shape index (κ1) is 23.3. The van der Waals surface area contributed by atoms with Crippen molar-refractivity contribution in [2.45, 2.75) is 6.36 Å². The standard InChI is InChI=1S/C21H18F3N7O2S/c22-21(23,24)33-15-3-1-14(2-4-15)29-20(32)12-5-16(13-6-26-11-27-7-13)19(28-8-12)31-9-17(30-25)18(34)10-31/h1-8,11,30,34H,9-10,25H2,(H,29,32). The van der Waals surface area contributed by atoms with Gasteiger partial charge in [0.2, 0.25) is 0 Å². The lowest BCUT2D eigenvalue weighted by Crippen LogP contribution is -2.28. The summed E-state index contributed by atoms with van der Waals surface area (Å²) in [5.41, 5.74) is 5.14. The van der Waals surface area contributed by atoms with Crippen LogP contribution in [0.1, 0.15) is 10.4 Å². The molecule has 0 saturated heterocycles. The van der Waals surface area contributed by atoms with Crippen LogP contribution in [0.3, 0.4) is 0 Å². The Morgan fingerprint density at radius 2 is 1.82 bits per heavy atom. The summed E-state index contributed by atoms with van der Waals surface area (Å²) in [4.78, 5) is 28.1. The topological polar surface area (TPSA) is 118 Å². The summed E-state index contributed by atoms with van der Waals surface area (Å²) in [6, 6.07) is 6.46. The minimum atomic E-state index is -4.80. The number of halogens is 3. The summed E-state index contributed by atoms with van der Waals surface area (Å²) < 4.78 is 40.8. The van der Waals surface area contributed by atoms with Gasteiger partial charge in [0.05, 0.1) is 24.4 Å². The first-order valence-corrected chi connectivity index (χ1v) is 10.2. The number of amides is 1. The van der Waals surface area contributed by atoms with Crippen LogP contribution in [0.2, 0.25) is 0 Å². The number of carbonyl (C=O) groups is 1. The lowest BCUT2D eigenvalue weighted by Gasteiger charge is -2.21. The molecule has 3 heterocycles. The van der Waals surface area contributed by atoms with Crippen molar-refractivity contribution in [2.75, 3.05) is 23.3 Å². The molecule has 0 atom stereocenters. The van der Waals surface area contributed by atoms with E-state index in [0.717, 1.165) is 22.7 Å². The number of ether oxygens (including phenoxy) is 1. The number of pyridine rings is 1. The SMILES string of the molecule is NNC1=C(S)CN(c2ncc(C(=O)Nc3ccc(OC(F)(F)F)cc3)cc2-c2cncnc2)C1. The molecule has 1 aromatic carbocycles. The van der Waals surface area contributed by atoms with E-state index < -0.39 is 18.0 Å². The summed E-state index contributed by atoms with van der Waals surface area (Å²) in [6.07, 6.45) is 1.20. The number of hydrogen-bond acceptors (Lipinski definition) is 9. The number of hydrogen-bond donors (Lipinski definition) is 4. The average Bonchev–Trinajstić information content (AvgIpc) is 3.20. The summed E-state index contributed by atoms with van der Waals surface area (Å²) in [7, 11) is 0. The number of carbonyl (C=O) groups excluding carboxylic acids is 1. The predicted octanol–water partition coefficient (Wildman–Crippen LogP) is 3.11. The van der Waals surface area contributed by atoms with Crippen molar-refractivity contribution in [3.8, 4) is 16.9 Å². The molecule has 0 fully saturated rings. The minimum Gasteiger partial charge on any atom is -0.406 e. The third kappa shape index (κ3) is 5.38. The Bertz CT molecular complexity index is 1220. The second kappa shape index (κ2) is 9.57. The number of nitrogens with two attached hydrogens (primary N) is 1. The molecule has 0 aliphatic carbocycles. The van der Waals surface area contributed by atoms with Gasteiger partial charge < -0.3 is 20.4 Å². The van der Waals surface area contributed by atoms with Crippen LogP contribution in [0.25, 0.3) is 11.1 Å². The second-order valence-corrected chi connectivity index (χ2v) is 7.71. The molecule has 2 aromatic heterocycles. The molecule has 1 aliphatic rings. The zero-order chi connectivity index (χ0) is 24.3. The zero-order valence-corrected chi connectivity index (χ0v) is 18.3. The Morgan fingerprint density at radius 1 is 1.12 bits per heavy atom. The third-order valence-corrected chi connectivity index (χ3v) is 5.27. The number of nitrogens with one attached hydrogen (secondary N) is 2. The van der Waals surface area contributed by atoms with E-state index in [9.17, 15) is 18.0 Å². The quantitative estimate of drug-likeness (QED) is 0.237. The molecule has 9 nitrogen and oxygen atoms in total. The van der Waals surface area contributed by atoms with E-state index in [2.05, 4.69) is 43.1 Å². The zero-order valence-electron chi connectivity index (χ0n) is 17.4. The highest BCUT2D eigenvalue weighted by atomic mass is 32.1. The van der Waals surface area contributed by atoms with Crippen LogP contribution in [0.5, 0.6) is 5.75 Å². The molecule has 34 heavy (non-hydrogen) atoms. The third-order valence-electron chi connectivity index (χ3n) is 4.86. The summed E-state index contributed by atoms with van der Waals surface area (Å²) in [5, 5.41) is 2.63. The number of aromatic nitrogens is 3. The molecule has 13 heteroatoms. The van der Waals surface area contributed by atoms with Crippen LogP contribution in [0.15, 0.2) is 65.9 Å². The molecule has 0 bridgehead atoms. The maximum atomic E-state index is 12.8. The second-order valence-electron chi connectivity index (χ2n) is 7.17. The molecule has 0 spiro atoms. The maximum absolute atomic E-state index is 12.8. The first-order chi connectivity index (χ1) is 16.2. The molecule has 0 unspecified atom stereocenters. The van der Waals surface area contributed by atoms with E-state index >= 15 is 0 Å². The van der Waals surface area contributed by atoms with Gasteiger partial charge in [-0.25, -0.2) is 15.0 Å². The van der Waals surface area contributed by atoms with Gasteiger partial charge >= 0.3 is 6.36 Å². The number of thiol groups is 1. The monoisotopic (exact) mass is 489 g/mol. The van der Waals surface area contributed by atoms with Gasteiger partial charge in [-0.2, -0.15) is 0 Å². The van der Waals surface area contributed by atoms with Crippen LogP contribution in [-0.4, -0.2) is 40.3 Å². The Labute approximate surface area is 197 Å². The Hall–Kier alpha value is -3.84. The van der Waals surface area contributed by atoms with Crippen molar-refractivity contribution in [3.63, 3.8) is 0 Å². The molecule has 0 saturated carbocycles. The van der Waals surface area contributed by atoms with Crippen LogP contribution in [0.4, 0.5) is 24.7 Å². The van der Waals surface area contributed by atoms with Crippen LogP contribution < -0.4 is 26.2 Å². The molecule has 176 valence electrons. The van der Waals surface area contributed by atoms with Crippen molar-refractivity contribution in [1.29, 1.82) is 0 Å².